The Morgan fingerprint density at radius 1 is 1.08 bits per heavy atom. The van der Waals surface area contributed by atoms with Crippen LogP contribution in [0.4, 0.5) is 37.8 Å². The number of sulfonamides is 1. The molecule has 0 aliphatic carbocycles. The summed E-state index contributed by atoms with van der Waals surface area (Å²) >= 11 is 0. The molecule has 0 fully saturated rings. The molecule has 2 heterocycles. The molecular weight excluding hydrogens is 514 g/mol. The first-order chi connectivity index (χ1) is 16.8. The second kappa shape index (κ2) is 8.83. The topological polar surface area (TPSA) is 112 Å². The van der Waals surface area contributed by atoms with Gasteiger partial charge in [0.05, 0.1) is 39.4 Å². The van der Waals surface area contributed by atoms with E-state index in [4.69, 9.17) is 0 Å². The van der Waals surface area contributed by atoms with Crippen molar-refractivity contribution >= 4 is 27.3 Å². The molecule has 0 amide bonds. The minimum absolute atomic E-state index is 0.0220. The second-order valence-electron chi connectivity index (χ2n) is 7.56. The number of aromatic nitrogens is 1. The number of carbonyl (C=O) groups excluding carboxylic acids is 1. The first kappa shape index (κ1) is 25.0. The molecule has 2 N–H and O–H groups in total. The lowest BCUT2D eigenvalue weighted by Gasteiger charge is -2.15. The summed E-state index contributed by atoms with van der Waals surface area (Å²) in [7, 11) is -4.64. The molecule has 1 aliphatic rings. The Morgan fingerprint density at radius 3 is 2.36 bits per heavy atom. The summed E-state index contributed by atoms with van der Waals surface area (Å²) in [6.07, 6.45) is -3.97. The third kappa shape index (κ3) is 4.33. The van der Waals surface area contributed by atoms with E-state index in [-0.39, 0.29) is 17.9 Å². The van der Waals surface area contributed by atoms with Gasteiger partial charge in [-0.05, 0) is 36.4 Å². The Kier molecular flexibility index (Phi) is 6.13. The number of halogens is 6. The van der Waals surface area contributed by atoms with E-state index in [9.17, 15) is 40.4 Å². The minimum atomic E-state index is -4.72. The molecule has 1 aliphatic heterocycles. The third-order valence-corrected chi connectivity index (χ3v) is 6.78. The van der Waals surface area contributed by atoms with Gasteiger partial charge in [0.2, 0.25) is 0 Å². The standard InChI is InChI=1S/C22H12F6N4O3S/c23-14-5-6-16(32-36(34,35)11-3-1-10(2-4-11)22(26,27)28)19(25)18(14)20(33)13-8-30-21-17(13)12(7-29)15(24)9-31-21/h1-6,9,13,32H,8H2,(H,30,31). The molecular formula is C22H12F6N4O3S. The van der Waals surface area contributed by atoms with E-state index < -0.39 is 72.6 Å². The number of rotatable bonds is 5. The molecule has 186 valence electrons. The van der Waals surface area contributed by atoms with Crippen molar-refractivity contribution in [2.75, 3.05) is 16.6 Å². The number of Topliss-reactive ketones (excluding diaryl/α,β-unsaturated/α-hetero) is 1. The summed E-state index contributed by atoms with van der Waals surface area (Å²) in [5.41, 5.74) is -3.87. The summed E-state index contributed by atoms with van der Waals surface area (Å²) in [6, 6.07) is 5.18. The van der Waals surface area contributed by atoms with E-state index >= 15 is 4.39 Å². The minimum Gasteiger partial charge on any atom is -0.369 e. The van der Waals surface area contributed by atoms with E-state index in [1.165, 1.54) is 0 Å². The molecule has 2 aromatic carbocycles. The molecule has 36 heavy (non-hydrogen) atoms. The van der Waals surface area contributed by atoms with Gasteiger partial charge in [-0.25, -0.2) is 26.6 Å². The maximum absolute atomic E-state index is 15.2. The number of fused-ring (bicyclic) bond motifs is 1. The van der Waals surface area contributed by atoms with Crippen molar-refractivity contribution in [3.8, 4) is 6.07 Å². The zero-order valence-electron chi connectivity index (χ0n) is 17.6. The van der Waals surface area contributed by atoms with E-state index in [0.29, 0.717) is 36.4 Å². The van der Waals surface area contributed by atoms with Crippen molar-refractivity contribution in [3.05, 3.63) is 82.3 Å². The van der Waals surface area contributed by atoms with Crippen molar-refractivity contribution < 1.29 is 39.6 Å². The van der Waals surface area contributed by atoms with Crippen LogP contribution in [-0.2, 0) is 16.2 Å². The molecule has 0 bridgehead atoms. The van der Waals surface area contributed by atoms with Crippen LogP contribution in [0.5, 0.6) is 0 Å². The fourth-order valence-electron chi connectivity index (χ4n) is 3.68. The van der Waals surface area contributed by atoms with Gasteiger partial charge in [-0.1, -0.05) is 0 Å². The number of ketones is 1. The average Bonchev–Trinajstić information content (AvgIpc) is 3.24. The van der Waals surface area contributed by atoms with Gasteiger partial charge in [0.25, 0.3) is 10.0 Å². The van der Waals surface area contributed by atoms with Gasteiger partial charge in [-0.2, -0.15) is 18.4 Å². The normalized spacial score (nSPS) is 15.1. The first-order valence-electron chi connectivity index (χ1n) is 9.89. The van der Waals surface area contributed by atoms with Gasteiger partial charge in [-0.15, -0.1) is 0 Å². The van der Waals surface area contributed by atoms with Crippen LogP contribution in [0.3, 0.4) is 0 Å². The van der Waals surface area contributed by atoms with Crippen LogP contribution in [0.25, 0.3) is 0 Å². The van der Waals surface area contributed by atoms with Crippen LogP contribution in [0, 0.1) is 28.8 Å². The molecule has 1 aromatic heterocycles. The van der Waals surface area contributed by atoms with Gasteiger partial charge < -0.3 is 5.32 Å². The number of nitrogens with one attached hydrogen (secondary N) is 2. The quantitative estimate of drug-likeness (QED) is 0.372. The highest BCUT2D eigenvalue weighted by atomic mass is 32.2. The Labute approximate surface area is 199 Å². The van der Waals surface area contributed by atoms with Gasteiger partial charge in [0.15, 0.2) is 17.4 Å². The van der Waals surface area contributed by atoms with E-state index in [1.54, 1.807) is 10.8 Å². The lowest BCUT2D eigenvalue weighted by atomic mass is 9.90. The number of nitriles is 1. The molecule has 1 unspecified atom stereocenters. The largest absolute Gasteiger partial charge is 0.416 e. The maximum atomic E-state index is 15.2. The molecule has 0 radical (unpaired) electrons. The van der Waals surface area contributed by atoms with E-state index in [0.717, 1.165) is 6.20 Å². The Balaban J connectivity index is 1.70. The zero-order valence-corrected chi connectivity index (χ0v) is 18.4. The predicted molar refractivity (Wildman–Crippen MR) is 113 cm³/mol. The van der Waals surface area contributed by atoms with Crippen LogP contribution in [0.1, 0.15) is 33.0 Å². The van der Waals surface area contributed by atoms with E-state index in [2.05, 4.69) is 10.3 Å². The van der Waals surface area contributed by atoms with Crippen molar-refractivity contribution in [1.82, 2.24) is 4.98 Å². The highest BCUT2D eigenvalue weighted by Gasteiger charge is 2.37. The molecule has 1 atom stereocenters. The molecule has 4 rings (SSSR count). The highest BCUT2D eigenvalue weighted by Crippen LogP contribution is 2.37. The van der Waals surface area contributed by atoms with Gasteiger partial charge in [0.1, 0.15) is 17.7 Å². The first-order valence-corrected chi connectivity index (χ1v) is 11.4. The van der Waals surface area contributed by atoms with Crippen LogP contribution in [0.2, 0.25) is 0 Å². The number of nitrogens with zero attached hydrogens (tertiary/aromatic N) is 2. The summed E-state index contributed by atoms with van der Waals surface area (Å²) in [5.74, 6) is -6.65. The fraction of sp³-hybridized carbons (Fsp3) is 0.136. The fourth-order valence-corrected chi connectivity index (χ4v) is 4.74. The number of anilines is 2. The molecule has 3 aromatic rings. The Hall–Kier alpha value is -4.12. The van der Waals surface area contributed by atoms with Crippen LogP contribution < -0.4 is 10.0 Å². The Bertz CT molecular complexity index is 1530. The predicted octanol–water partition coefficient (Wildman–Crippen LogP) is 4.58. The average molecular weight is 526 g/mol. The second-order valence-corrected chi connectivity index (χ2v) is 9.25. The van der Waals surface area contributed by atoms with Crippen molar-refractivity contribution in [3.63, 3.8) is 0 Å². The molecule has 0 saturated carbocycles. The summed E-state index contributed by atoms with van der Waals surface area (Å²) in [6.45, 7) is -0.264. The summed E-state index contributed by atoms with van der Waals surface area (Å²) in [4.78, 5) is 16.2. The molecule has 0 spiro atoms. The van der Waals surface area contributed by atoms with Crippen LogP contribution >= 0.6 is 0 Å². The number of hydrogen-bond donors (Lipinski definition) is 2. The Morgan fingerprint density at radius 2 is 1.75 bits per heavy atom. The summed E-state index contributed by atoms with van der Waals surface area (Å²) in [5, 5.41) is 11.9. The lowest BCUT2D eigenvalue weighted by Crippen LogP contribution is -2.21. The van der Waals surface area contributed by atoms with Gasteiger partial charge in [0, 0.05) is 12.1 Å². The SMILES string of the molecule is N#Cc1c(F)cnc2c1C(C(=O)c1c(F)ccc(NS(=O)(=O)c3ccc(C(F)(F)F)cc3)c1F)CN2. The van der Waals surface area contributed by atoms with Gasteiger partial charge >= 0.3 is 6.18 Å². The van der Waals surface area contributed by atoms with Crippen LogP contribution in [0.15, 0.2) is 47.5 Å². The maximum Gasteiger partial charge on any atom is 0.416 e. The monoisotopic (exact) mass is 526 g/mol. The lowest BCUT2D eigenvalue weighted by molar-refractivity contribution is -0.137. The van der Waals surface area contributed by atoms with Crippen molar-refractivity contribution in [2.24, 2.45) is 0 Å². The number of alkyl halides is 3. The van der Waals surface area contributed by atoms with Crippen molar-refractivity contribution in [1.29, 1.82) is 5.26 Å². The van der Waals surface area contributed by atoms with E-state index in [1.807, 2.05) is 0 Å². The number of carbonyl (C=O) groups is 1. The smallest absolute Gasteiger partial charge is 0.369 e. The number of benzene rings is 2. The van der Waals surface area contributed by atoms with Gasteiger partial charge in [-0.3, -0.25) is 9.52 Å². The third-order valence-electron chi connectivity index (χ3n) is 5.39. The number of pyridine rings is 1. The number of hydrogen-bond acceptors (Lipinski definition) is 6. The summed E-state index contributed by atoms with van der Waals surface area (Å²) < 4.78 is 109. The van der Waals surface area contributed by atoms with Crippen LogP contribution in [-0.4, -0.2) is 25.7 Å². The zero-order chi connectivity index (χ0) is 26.4. The molecule has 14 heteroatoms. The van der Waals surface area contributed by atoms with Crippen molar-refractivity contribution in [2.45, 2.75) is 17.0 Å². The molecule has 0 saturated heterocycles. The highest BCUT2D eigenvalue weighted by molar-refractivity contribution is 7.92. The molecule has 7 nitrogen and oxygen atoms in total.